The number of allylic oxidation sites excluding steroid dienone is 5. The van der Waals surface area contributed by atoms with Gasteiger partial charge in [-0.1, -0.05) is 54.0 Å². The van der Waals surface area contributed by atoms with Gasteiger partial charge < -0.3 is 4.74 Å². The molecule has 2 aromatic rings. The van der Waals surface area contributed by atoms with Gasteiger partial charge in [0.1, 0.15) is 5.75 Å². The van der Waals surface area contributed by atoms with E-state index < -0.39 is 0 Å². The van der Waals surface area contributed by atoms with Crippen LogP contribution in [0.25, 0.3) is 0 Å². The third-order valence-corrected chi connectivity index (χ3v) is 4.05. The summed E-state index contributed by atoms with van der Waals surface area (Å²) in [6.07, 6.45) is 10.5. The molecule has 2 heteroatoms. The van der Waals surface area contributed by atoms with E-state index in [2.05, 4.69) is 46.3 Å². The molecular formula is C20H16BrO-. The van der Waals surface area contributed by atoms with Gasteiger partial charge in [0, 0.05) is 0 Å². The van der Waals surface area contributed by atoms with E-state index in [9.17, 15) is 0 Å². The van der Waals surface area contributed by atoms with E-state index in [1.807, 2.05) is 54.6 Å². The number of para-hydroxylation sites is 1. The third kappa shape index (κ3) is 3.71. The van der Waals surface area contributed by atoms with Crippen molar-refractivity contribution in [3.63, 3.8) is 0 Å². The Morgan fingerprint density at radius 3 is 2.32 bits per heavy atom. The van der Waals surface area contributed by atoms with Gasteiger partial charge in [0.15, 0.2) is 0 Å². The smallest absolute Gasteiger partial charge is 0.132 e. The molecule has 0 spiro atoms. The highest BCUT2D eigenvalue weighted by molar-refractivity contribution is 9.10. The van der Waals surface area contributed by atoms with Crippen molar-refractivity contribution in [2.45, 2.75) is 0 Å². The molecule has 0 aromatic heterocycles. The topological polar surface area (TPSA) is 9.23 Å². The molecule has 0 radical (unpaired) electrons. The second kappa shape index (κ2) is 7.19. The number of ether oxygens (including phenoxy) is 1. The van der Waals surface area contributed by atoms with E-state index >= 15 is 0 Å². The van der Waals surface area contributed by atoms with Gasteiger partial charge in [0.2, 0.25) is 0 Å². The second-order valence-electron chi connectivity index (χ2n) is 4.97. The van der Waals surface area contributed by atoms with Crippen LogP contribution < -0.4 is 4.74 Å². The highest BCUT2D eigenvalue weighted by Crippen LogP contribution is 2.27. The van der Waals surface area contributed by atoms with Crippen LogP contribution in [-0.2, 0) is 0 Å². The molecule has 0 N–H and O–H groups in total. The number of rotatable bonds is 5. The molecule has 0 saturated heterocycles. The summed E-state index contributed by atoms with van der Waals surface area (Å²) in [5.74, 6) is 2.01. The maximum absolute atomic E-state index is 5.99. The number of benzene rings is 2. The van der Waals surface area contributed by atoms with Crippen molar-refractivity contribution < 1.29 is 4.74 Å². The van der Waals surface area contributed by atoms with Gasteiger partial charge in [-0.3, -0.25) is 0 Å². The van der Waals surface area contributed by atoms with E-state index in [0.29, 0.717) is 6.61 Å². The third-order valence-electron chi connectivity index (χ3n) is 3.39. The molecule has 1 aliphatic rings. The first kappa shape index (κ1) is 14.7. The van der Waals surface area contributed by atoms with Gasteiger partial charge in [0.05, 0.1) is 11.1 Å². The summed E-state index contributed by atoms with van der Waals surface area (Å²) in [5, 5.41) is 0. The molecule has 1 aliphatic carbocycles. The minimum Gasteiger partial charge on any atom is -0.497 e. The van der Waals surface area contributed by atoms with Crippen LogP contribution in [0.5, 0.6) is 5.75 Å². The van der Waals surface area contributed by atoms with Crippen LogP contribution in [0, 0.1) is 5.92 Å². The van der Waals surface area contributed by atoms with Crippen LogP contribution in [0.15, 0.2) is 95.0 Å². The van der Waals surface area contributed by atoms with Crippen LogP contribution in [-0.4, -0.2) is 6.61 Å². The maximum atomic E-state index is 5.99. The quantitative estimate of drug-likeness (QED) is 0.646. The molecule has 2 aromatic carbocycles. The van der Waals surface area contributed by atoms with Crippen molar-refractivity contribution in [2.75, 3.05) is 6.61 Å². The Morgan fingerprint density at radius 2 is 1.59 bits per heavy atom. The Bertz CT molecular complexity index is 699. The molecule has 22 heavy (non-hydrogen) atoms. The highest BCUT2D eigenvalue weighted by Gasteiger charge is 2.05. The fraction of sp³-hybridized carbons (Fsp3) is 0.0500. The van der Waals surface area contributed by atoms with Gasteiger partial charge in [-0.15, -0.1) is 35.9 Å². The maximum Gasteiger partial charge on any atom is 0.132 e. The Balaban J connectivity index is 1.80. The van der Waals surface area contributed by atoms with Crippen LogP contribution in [0.3, 0.4) is 0 Å². The Hall–Kier alpha value is -2.19. The van der Waals surface area contributed by atoms with Gasteiger partial charge in [-0.05, 0) is 28.1 Å². The summed E-state index contributed by atoms with van der Waals surface area (Å²) in [6.45, 7) is 0.526. The van der Waals surface area contributed by atoms with Gasteiger partial charge in [-0.2, -0.15) is 0 Å². The minimum absolute atomic E-state index is 0.526. The molecule has 0 saturated carbocycles. The average molecular weight is 352 g/mol. The highest BCUT2D eigenvalue weighted by atomic mass is 79.9. The van der Waals surface area contributed by atoms with Crippen LogP contribution in [0.1, 0.15) is 5.56 Å². The first-order valence-electron chi connectivity index (χ1n) is 7.18. The van der Waals surface area contributed by atoms with E-state index in [1.165, 1.54) is 11.1 Å². The average Bonchev–Trinajstić information content (AvgIpc) is 3.07. The van der Waals surface area contributed by atoms with Gasteiger partial charge >= 0.3 is 0 Å². The Labute approximate surface area is 139 Å². The van der Waals surface area contributed by atoms with Crippen molar-refractivity contribution in [1.82, 2.24) is 0 Å². The monoisotopic (exact) mass is 351 g/mol. The van der Waals surface area contributed by atoms with Crippen molar-refractivity contribution >= 4 is 15.9 Å². The summed E-state index contributed by atoms with van der Waals surface area (Å²) >= 11 is 3.52. The van der Waals surface area contributed by atoms with E-state index in [0.717, 1.165) is 16.1 Å². The standard InChI is InChI=1S/C20H16BrO/c21-19-12-6-7-13-20(19)22-15-18(14-16-8-4-5-9-16)17-10-2-1-3-11-17/h1-14H,15H2/q-1. The van der Waals surface area contributed by atoms with E-state index in [4.69, 9.17) is 4.74 Å². The predicted molar refractivity (Wildman–Crippen MR) is 94.8 cm³/mol. The van der Waals surface area contributed by atoms with Crippen LogP contribution in [0.4, 0.5) is 0 Å². The Morgan fingerprint density at radius 1 is 0.909 bits per heavy atom. The lowest BCUT2D eigenvalue weighted by atomic mass is 9.97. The summed E-state index contributed by atoms with van der Waals surface area (Å²) in [4.78, 5) is 0. The first-order valence-corrected chi connectivity index (χ1v) is 7.97. The zero-order chi connectivity index (χ0) is 15.2. The van der Waals surface area contributed by atoms with E-state index in [-0.39, 0.29) is 0 Å². The zero-order valence-corrected chi connectivity index (χ0v) is 13.7. The minimum atomic E-state index is 0.526. The lowest BCUT2D eigenvalue weighted by molar-refractivity contribution is 0.339. The molecule has 0 fully saturated rings. The van der Waals surface area contributed by atoms with Crippen molar-refractivity contribution in [2.24, 2.45) is 0 Å². The lowest BCUT2D eigenvalue weighted by Gasteiger charge is -2.22. The normalized spacial score (nSPS) is 12.5. The zero-order valence-electron chi connectivity index (χ0n) is 12.1. The van der Waals surface area contributed by atoms with Gasteiger partial charge in [0.25, 0.3) is 0 Å². The van der Waals surface area contributed by atoms with Crippen molar-refractivity contribution in [3.05, 3.63) is 107 Å². The fourth-order valence-electron chi connectivity index (χ4n) is 2.26. The van der Waals surface area contributed by atoms with Crippen LogP contribution in [0.2, 0.25) is 0 Å². The summed E-state index contributed by atoms with van der Waals surface area (Å²) in [5.41, 5.74) is 2.37. The SMILES string of the molecule is Brc1ccccc1OC[C-](C=C1C=CC=C1)c1ccccc1. The largest absolute Gasteiger partial charge is 0.497 e. The number of hydrogen-bond acceptors (Lipinski definition) is 1. The molecule has 0 unspecified atom stereocenters. The molecule has 110 valence electrons. The summed E-state index contributed by atoms with van der Waals surface area (Å²) in [6, 6.07) is 18.2. The summed E-state index contributed by atoms with van der Waals surface area (Å²) < 4.78 is 6.96. The molecule has 0 bridgehead atoms. The van der Waals surface area contributed by atoms with Gasteiger partial charge in [-0.25, -0.2) is 0 Å². The fourth-order valence-corrected chi connectivity index (χ4v) is 2.66. The number of halogens is 1. The molecule has 0 heterocycles. The van der Waals surface area contributed by atoms with E-state index in [1.54, 1.807) is 0 Å². The van der Waals surface area contributed by atoms with Crippen LogP contribution >= 0.6 is 15.9 Å². The van der Waals surface area contributed by atoms with Crippen molar-refractivity contribution in [3.8, 4) is 5.75 Å². The molecule has 0 aliphatic heterocycles. The Kier molecular flexibility index (Phi) is 4.81. The first-order chi connectivity index (χ1) is 10.8. The predicted octanol–water partition coefficient (Wildman–Crippen LogP) is 5.50. The molecule has 3 rings (SSSR count). The molecule has 0 atom stereocenters. The summed E-state index contributed by atoms with van der Waals surface area (Å²) in [7, 11) is 0. The number of hydrogen-bond donors (Lipinski definition) is 0. The molecule has 1 nitrogen and oxygen atoms in total. The van der Waals surface area contributed by atoms with Crippen molar-refractivity contribution in [1.29, 1.82) is 0 Å². The molecule has 0 amide bonds. The second-order valence-corrected chi connectivity index (χ2v) is 5.83. The lowest BCUT2D eigenvalue weighted by Crippen LogP contribution is -2.10. The molecular weight excluding hydrogens is 336 g/mol.